The second kappa shape index (κ2) is 6.64. The highest BCUT2D eigenvalue weighted by Crippen LogP contribution is 2.31. The van der Waals surface area contributed by atoms with Crippen molar-refractivity contribution in [2.45, 2.75) is 32.2 Å². The summed E-state index contributed by atoms with van der Waals surface area (Å²) in [4.78, 5) is 11.9. The number of aryl methyl sites for hydroxylation is 2. The number of nitrogens with zero attached hydrogens (tertiary/aromatic N) is 1. The summed E-state index contributed by atoms with van der Waals surface area (Å²) in [6, 6.07) is 3.44. The number of carboxylic acid groups (broad SMARTS) is 1. The van der Waals surface area contributed by atoms with Crippen molar-refractivity contribution in [1.82, 2.24) is 4.31 Å². The maximum absolute atomic E-state index is 12.9. The Morgan fingerprint density at radius 1 is 1.35 bits per heavy atom. The van der Waals surface area contributed by atoms with E-state index in [1.165, 1.54) is 29.5 Å². The average Bonchev–Trinajstić information content (AvgIpc) is 2.98. The van der Waals surface area contributed by atoms with Gasteiger partial charge in [0.25, 0.3) is 0 Å². The molecule has 0 fully saturated rings. The number of rotatable bonds is 6. The first-order valence-electron chi connectivity index (χ1n) is 6.76. The molecule has 2 rings (SSSR count). The molecule has 0 radical (unpaired) electrons. The third-order valence-corrected chi connectivity index (χ3v) is 6.62. The van der Waals surface area contributed by atoms with Crippen LogP contribution in [-0.4, -0.2) is 30.3 Å². The van der Waals surface area contributed by atoms with E-state index in [0.717, 1.165) is 4.88 Å². The van der Waals surface area contributed by atoms with E-state index in [-0.39, 0.29) is 35.1 Å². The minimum absolute atomic E-state index is 0.0718. The molecule has 0 aliphatic heterocycles. The molecular formula is C14H16ClNO5S2. The Morgan fingerprint density at radius 3 is 2.48 bits per heavy atom. The highest BCUT2D eigenvalue weighted by Gasteiger charge is 2.34. The van der Waals surface area contributed by atoms with Crippen molar-refractivity contribution >= 4 is 38.9 Å². The van der Waals surface area contributed by atoms with E-state index in [4.69, 9.17) is 16.0 Å². The van der Waals surface area contributed by atoms with Gasteiger partial charge in [0.05, 0.1) is 4.34 Å². The topological polar surface area (TPSA) is 87.8 Å². The number of furan rings is 1. The fourth-order valence-electron chi connectivity index (χ4n) is 2.33. The summed E-state index contributed by atoms with van der Waals surface area (Å²) in [5, 5.41) is 9.31. The lowest BCUT2D eigenvalue weighted by molar-refractivity contribution is 0.0691. The van der Waals surface area contributed by atoms with Gasteiger partial charge in [-0.2, -0.15) is 4.31 Å². The van der Waals surface area contributed by atoms with Gasteiger partial charge in [-0.3, -0.25) is 0 Å². The molecule has 0 unspecified atom stereocenters. The van der Waals surface area contributed by atoms with Crippen molar-refractivity contribution in [3.63, 3.8) is 0 Å². The molecule has 0 spiro atoms. The van der Waals surface area contributed by atoms with E-state index in [0.29, 0.717) is 4.34 Å². The number of carbonyl (C=O) groups is 1. The van der Waals surface area contributed by atoms with Gasteiger partial charge in [0.15, 0.2) is 0 Å². The smallest absolute Gasteiger partial charge is 0.340 e. The summed E-state index contributed by atoms with van der Waals surface area (Å²) in [7, 11) is -4.00. The normalized spacial score (nSPS) is 12.0. The summed E-state index contributed by atoms with van der Waals surface area (Å²) < 4.78 is 32.8. The Kier molecular flexibility index (Phi) is 5.20. The van der Waals surface area contributed by atoms with E-state index in [1.807, 2.05) is 0 Å². The molecule has 1 N–H and O–H groups in total. The van der Waals surface area contributed by atoms with Gasteiger partial charge in [-0.15, -0.1) is 11.3 Å². The fourth-order valence-corrected chi connectivity index (χ4v) is 5.31. The first-order valence-corrected chi connectivity index (χ1v) is 9.39. The van der Waals surface area contributed by atoms with Crippen LogP contribution in [0.25, 0.3) is 0 Å². The minimum atomic E-state index is -4.00. The summed E-state index contributed by atoms with van der Waals surface area (Å²) in [6.45, 7) is 4.89. The van der Waals surface area contributed by atoms with Gasteiger partial charge in [0, 0.05) is 18.0 Å². The molecule has 0 amide bonds. The lowest BCUT2D eigenvalue weighted by Crippen LogP contribution is -2.31. The summed E-state index contributed by atoms with van der Waals surface area (Å²) >= 11 is 7.15. The maximum atomic E-state index is 12.9. The molecule has 0 bridgehead atoms. The van der Waals surface area contributed by atoms with Crippen LogP contribution < -0.4 is 0 Å². The third kappa shape index (κ3) is 3.45. The lowest BCUT2D eigenvalue weighted by Gasteiger charge is -2.19. The fraction of sp³-hybridized carbons (Fsp3) is 0.357. The van der Waals surface area contributed by atoms with E-state index < -0.39 is 16.0 Å². The first kappa shape index (κ1) is 18.0. The zero-order valence-corrected chi connectivity index (χ0v) is 15.2. The van der Waals surface area contributed by atoms with E-state index >= 15 is 0 Å². The first-order chi connectivity index (χ1) is 10.7. The second-order valence-corrected chi connectivity index (χ2v) is 8.54. The summed E-state index contributed by atoms with van der Waals surface area (Å²) in [5.74, 6) is -1.18. The van der Waals surface area contributed by atoms with Crippen LogP contribution in [0.3, 0.4) is 0 Å². The monoisotopic (exact) mass is 377 g/mol. The highest BCUT2D eigenvalue weighted by atomic mass is 35.5. The molecule has 0 saturated heterocycles. The molecule has 0 aliphatic rings. The van der Waals surface area contributed by atoms with Gasteiger partial charge in [-0.05, 0) is 26.0 Å². The number of sulfonamides is 1. The zero-order valence-electron chi connectivity index (χ0n) is 12.8. The van der Waals surface area contributed by atoms with Crippen molar-refractivity contribution in [3.8, 4) is 0 Å². The van der Waals surface area contributed by atoms with Gasteiger partial charge in [0.1, 0.15) is 22.0 Å². The van der Waals surface area contributed by atoms with Crippen molar-refractivity contribution in [3.05, 3.63) is 38.4 Å². The number of hydrogen-bond donors (Lipinski definition) is 1. The van der Waals surface area contributed by atoms with Crippen LogP contribution in [0.2, 0.25) is 4.34 Å². The van der Waals surface area contributed by atoms with Crippen molar-refractivity contribution < 1.29 is 22.7 Å². The summed E-state index contributed by atoms with van der Waals surface area (Å²) in [6.07, 6.45) is 0. The molecule has 0 saturated carbocycles. The van der Waals surface area contributed by atoms with E-state index in [2.05, 4.69) is 0 Å². The van der Waals surface area contributed by atoms with Crippen molar-refractivity contribution in [2.24, 2.45) is 0 Å². The second-order valence-electron chi connectivity index (χ2n) is 4.86. The maximum Gasteiger partial charge on any atom is 0.340 e. The minimum Gasteiger partial charge on any atom is -0.478 e. The standard InChI is InChI=1S/C14H16ClNO5S2/c1-4-16(7-10-5-6-11(15)22-10)23(19,20)13-9(3)21-8(2)12(13)14(17)18/h5-6H,4,7H2,1-3H3,(H,17,18). The SMILES string of the molecule is CCN(Cc1ccc(Cl)s1)S(=O)(=O)c1c(C)oc(C)c1C(=O)O. The Morgan fingerprint density at radius 2 is 2.00 bits per heavy atom. The van der Waals surface area contributed by atoms with Crippen LogP contribution in [0.4, 0.5) is 0 Å². The predicted molar refractivity (Wildman–Crippen MR) is 87.7 cm³/mol. The van der Waals surface area contributed by atoms with Gasteiger partial charge >= 0.3 is 5.97 Å². The van der Waals surface area contributed by atoms with Crippen LogP contribution >= 0.6 is 22.9 Å². The number of hydrogen-bond acceptors (Lipinski definition) is 5. The lowest BCUT2D eigenvalue weighted by atomic mass is 10.2. The number of halogens is 1. The Labute approximate surface area is 143 Å². The average molecular weight is 378 g/mol. The molecule has 0 atom stereocenters. The van der Waals surface area contributed by atoms with E-state index in [1.54, 1.807) is 19.1 Å². The zero-order chi connectivity index (χ0) is 17.4. The van der Waals surface area contributed by atoms with Crippen LogP contribution in [-0.2, 0) is 16.6 Å². The molecule has 0 aliphatic carbocycles. The number of carboxylic acids is 1. The molecule has 0 aromatic carbocycles. The molecular weight excluding hydrogens is 362 g/mol. The molecule has 2 aromatic heterocycles. The van der Waals surface area contributed by atoms with Gasteiger partial charge < -0.3 is 9.52 Å². The summed E-state index contributed by atoms with van der Waals surface area (Å²) in [5.41, 5.74) is -0.315. The van der Waals surface area contributed by atoms with Crippen LogP contribution in [0.1, 0.15) is 33.7 Å². The Bertz CT molecular complexity index is 837. The number of thiophene rings is 1. The quantitative estimate of drug-likeness (QED) is 0.832. The number of aromatic carboxylic acids is 1. The van der Waals surface area contributed by atoms with Gasteiger partial charge in [0.2, 0.25) is 10.0 Å². The predicted octanol–water partition coefficient (Wildman–Crippen LogP) is 3.52. The largest absolute Gasteiger partial charge is 0.478 e. The molecule has 126 valence electrons. The Hall–Kier alpha value is -1.35. The molecule has 2 heterocycles. The van der Waals surface area contributed by atoms with E-state index in [9.17, 15) is 18.3 Å². The van der Waals surface area contributed by atoms with Crippen LogP contribution in [0.5, 0.6) is 0 Å². The molecule has 23 heavy (non-hydrogen) atoms. The third-order valence-electron chi connectivity index (χ3n) is 3.33. The molecule has 9 heteroatoms. The van der Waals surface area contributed by atoms with Crippen LogP contribution in [0, 0.1) is 13.8 Å². The highest BCUT2D eigenvalue weighted by molar-refractivity contribution is 7.89. The Balaban J connectivity index is 2.49. The van der Waals surface area contributed by atoms with Gasteiger partial charge in [-0.1, -0.05) is 18.5 Å². The van der Waals surface area contributed by atoms with Gasteiger partial charge in [-0.25, -0.2) is 13.2 Å². The molecule has 6 nitrogen and oxygen atoms in total. The van der Waals surface area contributed by atoms with Crippen molar-refractivity contribution in [2.75, 3.05) is 6.54 Å². The van der Waals surface area contributed by atoms with Crippen LogP contribution in [0.15, 0.2) is 21.4 Å². The van der Waals surface area contributed by atoms with Crippen molar-refractivity contribution in [1.29, 1.82) is 0 Å². The molecule has 2 aromatic rings.